The summed E-state index contributed by atoms with van der Waals surface area (Å²) in [5.41, 5.74) is -0.464. The first-order valence-electron chi connectivity index (χ1n) is 10.7. The minimum Gasteiger partial charge on any atom is -0.393 e. The van der Waals surface area contributed by atoms with Gasteiger partial charge in [0.2, 0.25) is 0 Å². The van der Waals surface area contributed by atoms with Crippen molar-refractivity contribution >= 4 is 0 Å². The van der Waals surface area contributed by atoms with Crippen molar-refractivity contribution in [3.63, 3.8) is 0 Å². The van der Waals surface area contributed by atoms with E-state index in [1.165, 1.54) is 19.3 Å². The van der Waals surface area contributed by atoms with E-state index in [1.807, 2.05) is 0 Å². The smallest absolute Gasteiger partial charge is 0.0958 e. The number of hydrogen-bond acceptors (Lipinski definition) is 3. The first-order valence-corrected chi connectivity index (χ1v) is 10.7. The van der Waals surface area contributed by atoms with Crippen molar-refractivity contribution in [2.75, 3.05) is 0 Å². The molecule has 3 nitrogen and oxygen atoms in total. The van der Waals surface area contributed by atoms with E-state index >= 15 is 0 Å². The zero-order chi connectivity index (χ0) is 18.3. The van der Waals surface area contributed by atoms with Crippen LogP contribution in [0.25, 0.3) is 0 Å². The van der Waals surface area contributed by atoms with Crippen LogP contribution < -0.4 is 0 Å². The SMILES string of the molecule is C[C@H](O)[C@]1(O)CC[C@@H]2[C@@H]3CC[C@@]4(C)C[C@H](O)CC[C@]4(C)[C@H]3CC[C@@]21C. The van der Waals surface area contributed by atoms with Crippen LogP contribution in [0.3, 0.4) is 0 Å². The van der Waals surface area contributed by atoms with Crippen LogP contribution in [-0.4, -0.2) is 33.1 Å². The second-order valence-electron chi connectivity index (χ2n) is 10.9. The number of fused-ring (bicyclic) bond motifs is 5. The molecule has 0 spiro atoms. The molecule has 4 aliphatic carbocycles. The number of aliphatic hydroxyl groups excluding tert-OH is 2. The van der Waals surface area contributed by atoms with Gasteiger partial charge >= 0.3 is 0 Å². The van der Waals surface area contributed by atoms with Crippen LogP contribution in [0.4, 0.5) is 0 Å². The summed E-state index contributed by atoms with van der Waals surface area (Å²) in [5, 5.41) is 31.9. The maximum atomic E-state index is 11.3. The third-order valence-electron chi connectivity index (χ3n) is 10.3. The summed E-state index contributed by atoms with van der Waals surface area (Å²) in [6.07, 6.45) is 8.78. The molecule has 0 heterocycles. The molecule has 4 saturated carbocycles. The van der Waals surface area contributed by atoms with Gasteiger partial charge in [0.25, 0.3) is 0 Å². The second kappa shape index (κ2) is 5.45. The fourth-order valence-corrected chi connectivity index (χ4v) is 8.35. The molecule has 3 heteroatoms. The van der Waals surface area contributed by atoms with Crippen LogP contribution in [0.2, 0.25) is 0 Å². The van der Waals surface area contributed by atoms with E-state index in [4.69, 9.17) is 0 Å². The molecule has 0 aliphatic heterocycles. The molecular formula is C22H38O3. The van der Waals surface area contributed by atoms with Gasteiger partial charge in [-0.1, -0.05) is 20.8 Å². The normalized spacial score (nSPS) is 59.6. The highest BCUT2D eigenvalue weighted by Gasteiger charge is 2.67. The maximum Gasteiger partial charge on any atom is 0.0958 e. The summed E-state index contributed by atoms with van der Waals surface area (Å²) >= 11 is 0. The van der Waals surface area contributed by atoms with Crippen LogP contribution in [-0.2, 0) is 0 Å². The molecule has 0 aromatic heterocycles. The molecule has 0 unspecified atom stereocenters. The van der Waals surface area contributed by atoms with Gasteiger partial charge < -0.3 is 15.3 Å². The minimum absolute atomic E-state index is 0.115. The van der Waals surface area contributed by atoms with Gasteiger partial charge in [-0.3, -0.25) is 0 Å². The van der Waals surface area contributed by atoms with Crippen LogP contribution in [0.1, 0.15) is 85.5 Å². The van der Waals surface area contributed by atoms with Crippen molar-refractivity contribution in [3.8, 4) is 0 Å². The zero-order valence-electron chi connectivity index (χ0n) is 16.6. The second-order valence-corrected chi connectivity index (χ2v) is 10.9. The predicted molar refractivity (Wildman–Crippen MR) is 99.0 cm³/mol. The summed E-state index contributed by atoms with van der Waals surface area (Å²) in [7, 11) is 0. The molecule has 25 heavy (non-hydrogen) atoms. The average Bonchev–Trinajstić information content (AvgIpc) is 2.82. The van der Waals surface area contributed by atoms with Crippen LogP contribution in [0, 0.1) is 34.0 Å². The molecule has 0 amide bonds. The van der Waals surface area contributed by atoms with Crippen molar-refractivity contribution < 1.29 is 15.3 Å². The minimum atomic E-state index is -0.910. The lowest BCUT2D eigenvalue weighted by atomic mass is 9.40. The number of hydrogen-bond donors (Lipinski definition) is 3. The Morgan fingerprint density at radius 1 is 0.840 bits per heavy atom. The van der Waals surface area contributed by atoms with E-state index in [2.05, 4.69) is 20.8 Å². The molecule has 0 radical (unpaired) electrons. The fraction of sp³-hybridized carbons (Fsp3) is 1.00. The van der Waals surface area contributed by atoms with Crippen molar-refractivity contribution in [1.29, 1.82) is 0 Å². The van der Waals surface area contributed by atoms with Crippen molar-refractivity contribution in [3.05, 3.63) is 0 Å². The zero-order valence-corrected chi connectivity index (χ0v) is 16.6. The van der Waals surface area contributed by atoms with Crippen molar-refractivity contribution in [2.45, 2.75) is 103 Å². The van der Waals surface area contributed by atoms with Gasteiger partial charge in [0.05, 0.1) is 17.8 Å². The van der Waals surface area contributed by atoms with Crippen LogP contribution >= 0.6 is 0 Å². The van der Waals surface area contributed by atoms with Gasteiger partial charge in [-0.2, -0.15) is 0 Å². The monoisotopic (exact) mass is 350 g/mol. The Balaban J connectivity index is 1.67. The molecule has 9 atom stereocenters. The molecule has 4 fully saturated rings. The first kappa shape index (κ1) is 18.3. The Bertz CT molecular complexity index is 547. The Hall–Kier alpha value is -0.120. The quantitative estimate of drug-likeness (QED) is 0.672. The molecule has 4 aliphatic rings. The summed E-state index contributed by atoms with van der Waals surface area (Å²) < 4.78 is 0. The third-order valence-corrected chi connectivity index (χ3v) is 10.3. The molecule has 0 bridgehead atoms. The summed E-state index contributed by atoms with van der Waals surface area (Å²) in [4.78, 5) is 0. The largest absolute Gasteiger partial charge is 0.393 e. The van der Waals surface area contributed by atoms with Crippen molar-refractivity contribution in [2.24, 2.45) is 34.0 Å². The van der Waals surface area contributed by atoms with Gasteiger partial charge in [0.1, 0.15) is 0 Å². The van der Waals surface area contributed by atoms with E-state index in [0.29, 0.717) is 23.2 Å². The highest BCUT2D eigenvalue weighted by Crippen LogP contribution is 2.71. The predicted octanol–water partition coefficient (Wildman–Crippen LogP) is 3.89. The van der Waals surface area contributed by atoms with Gasteiger partial charge in [-0.15, -0.1) is 0 Å². The van der Waals surface area contributed by atoms with Gasteiger partial charge in [-0.25, -0.2) is 0 Å². The van der Waals surface area contributed by atoms with Gasteiger partial charge in [-0.05, 0) is 93.3 Å². The van der Waals surface area contributed by atoms with Crippen molar-refractivity contribution in [1.82, 2.24) is 0 Å². The lowest BCUT2D eigenvalue weighted by Crippen LogP contribution is -2.61. The first-order chi connectivity index (χ1) is 11.6. The average molecular weight is 351 g/mol. The Morgan fingerprint density at radius 3 is 2.12 bits per heavy atom. The molecule has 3 N–H and O–H groups in total. The van der Waals surface area contributed by atoms with E-state index < -0.39 is 11.7 Å². The molecule has 0 saturated heterocycles. The molecule has 0 aromatic carbocycles. The third kappa shape index (κ3) is 2.15. The van der Waals surface area contributed by atoms with Crippen LogP contribution in [0.5, 0.6) is 0 Å². The summed E-state index contributed by atoms with van der Waals surface area (Å²) in [5.74, 6) is 1.94. The standard InChI is InChI=1S/C22H38O3/c1-14(23)22(25)12-8-18-16-6-9-19(2)13-15(24)5-10-20(19,3)17(16)7-11-21(18,22)4/h14-18,23-25H,5-13H2,1-4H3/t14-,15+,16+,17-,18+,19-,20+,21-,22+/m0/s1. The summed E-state index contributed by atoms with van der Waals surface area (Å²) in [6.45, 7) is 8.98. The van der Waals surface area contributed by atoms with Gasteiger partial charge in [0, 0.05) is 5.41 Å². The Kier molecular flexibility index (Phi) is 3.98. The lowest BCUT2D eigenvalue weighted by Gasteiger charge is -2.65. The molecule has 4 rings (SSSR count). The number of aliphatic hydroxyl groups is 3. The van der Waals surface area contributed by atoms with E-state index in [9.17, 15) is 15.3 Å². The van der Waals surface area contributed by atoms with E-state index in [0.717, 1.165) is 38.5 Å². The van der Waals surface area contributed by atoms with Gasteiger partial charge in [0.15, 0.2) is 0 Å². The summed E-state index contributed by atoms with van der Waals surface area (Å²) in [6, 6.07) is 0. The van der Waals surface area contributed by atoms with E-state index in [-0.39, 0.29) is 16.9 Å². The highest BCUT2D eigenvalue weighted by molar-refractivity contribution is 5.16. The van der Waals surface area contributed by atoms with E-state index in [1.54, 1.807) is 6.92 Å². The Morgan fingerprint density at radius 2 is 1.44 bits per heavy atom. The maximum absolute atomic E-state index is 11.3. The molecule has 0 aromatic rings. The topological polar surface area (TPSA) is 60.7 Å². The molecule has 144 valence electrons. The fourth-order valence-electron chi connectivity index (χ4n) is 8.35. The highest BCUT2D eigenvalue weighted by atomic mass is 16.3. The Labute approximate surface area is 153 Å². The number of rotatable bonds is 1. The lowest BCUT2D eigenvalue weighted by molar-refractivity contribution is -0.203. The molecular weight excluding hydrogens is 312 g/mol. The van der Waals surface area contributed by atoms with Crippen LogP contribution in [0.15, 0.2) is 0 Å².